The Hall–Kier alpha value is -2.35. The molecule has 1 aromatic rings. The zero-order chi connectivity index (χ0) is 16.0. The number of carboxylic acids is 1. The Morgan fingerprint density at radius 2 is 2.14 bits per heavy atom. The first-order chi connectivity index (χ1) is 9.76. The van der Waals surface area contributed by atoms with Crippen molar-refractivity contribution in [2.24, 2.45) is 0 Å². The van der Waals surface area contributed by atoms with E-state index in [-0.39, 0.29) is 5.88 Å². The number of aryl methyl sites for hydroxylation is 1. The van der Waals surface area contributed by atoms with Crippen LogP contribution in [0.4, 0.5) is 10.5 Å². The lowest BCUT2D eigenvalue weighted by Crippen LogP contribution is -2.47. The summed E-state index contributed by atoms with van der Waals surface area (Å²) in [6, 6.07) is 1.01. The van der Waals surface area contributed by atoms with Crippen LogP contribution in [0, 0.1) is 6.92 Å². The van der Waals surface area contributed by atoms with Gasteiger partial charge in [0.05, 0.1) is 13.2 Å². The second kappa shape index (κ2) is 6.89. The summed E-state index contributed by atoms with van der Waals surface area (Å²) in [4.78, 5) is 26.5. The number of carboxylic acid groups (broad SMARTS) is 1. The van der Waals surface area contributed by atoms with Gasteiger partial charge in [-0.3, -0.25) is 0 Å². The lowest BCUT2D eigenvalue weighted by Gasteiger charge is -2.19. The van der Waals surface area contributed by atoms with Crippen LogP contribution in [-0.2, 0) is 4.79 Å². The number of pyridine rings is 1. The summed E-state index contributed by atoms with van der Waals surface area (Å²) in [5.74, 6) is -1.15. The number of amides is 2. The Morgan fingerprint density at radius 3 is 2.71 bits per heavy atom. The van der Waals surface area contributed by atoms with Crippen LogP contribution >= 0.6 is 0 Å². The van der Waals surface area contributed by atoms with E-state index in [2.05, 4.69) is 15.6 Å². The molecule has 0 fully saturated rings. The van der Waals surface area contributed by atoms with Crippen LogP contribution in [0.2, 0.25) is 0 Å². The highest BCUT2D eigenvalue weighted by Gasteiger charge is 2.30. The molecule has 0 bridgehead atoms. The molecule has 0 aliphatic carbocycles. The number of aliphatic hydroxyl groups is 1. The number of aliphatic carboxylic acids is 1. The Labute approximate surface area is 122 Å². The van der Waals surface area contributed by atoms with E-state index < -0.39 is 24.1 Å². The molecule has 4 N–H and O–H groups in total. The highest BCUT2D eigenvalue weighted by atomic mass is 16.5. The van der Waals surface area contributed by atoms with E-state index in [0.29, 0.717) is 12.3 Å². The molecule has 2 amide bonds. The van der Waals surface area contributed by atoms with E-state index in [4.69, 9.17) is 9.84 Å². The molecule has 116 valence electrons. The number of aromatic nitrogens is 1. The molecular formula is C13H19N3O5. The fourth-order valence-electron chi connectivity index (χ4n) is 1.39. The van der Waals surface area contributed by atoms with Gasteiger partial charge in [0.2, 0.25) is 5.88 Å². The second-order valence-corrected chi connectivity index (χ2v) is 4.69. The summed E-state index contributed by atoms with van der Waals surface area (Å²) < 4.78 is 5.28. The quantitative estimate of drug-likeness (QED) is 0.614. The lowest BCUT2D eigenvalue weighted by atomic mass is 10.1. The first-order valence-corrected chi connectivity index (χ1v) is 6.36. The minimum absolute atomic E-state index is 0.267. The Morgan fingerprint density at radius 1 is 1.48 bits per heavy atom. The average molecular weight is 297 g/mol. The van der Waals surface area contributed by atoms with Gasteiger partial charge in [0.25, 0.3) is 0 Å². The molecule has 0 aromatic carbocycles. The topological polar surface area (TPSA) is 121 Å². The summed E-state index contributed by atoms with van der Waals surface area (Å²) in [6.45, 7) is 4.64. The number of urea groups is 1. The maximum absolute atomic E-state index is 11.7. The minimum Gasteiger partial charge on any atom is -0.479 e. The molecule has 0 radical (unpaired) electrons. The van der Waals surface area contributed by atoms with E-state index in [0.717, 1.165) is 12.5 Å². The maximum atomic E-state index is 11.7. The fraction of sp³-hybridized carbons (Fsp3) is 0.462. The van der Waals surface area contributed by atoms with Gasteiger partial charge in [-0.25, -0.2) is 14.6 Å². The molecule has 0 saturated carbocycles. The van der Waals surface area contributed by atoms with E-state index >= 15 is 0 Å². The van der Waals surface area contributed by atoms with Crippen molar-refractivity contribution in [1.29, 1.82) is 0 Å². The number of nitrogens with one attached hydrogen (secondary N) is 2. The predicted octanol–water partition coefficient (Wildman–Crippen LogP) is 0.746. The molecule has 0 spiro atoms. The van der Waals surface area contributed by atoms with Gasteiger partial charge in [-0.05, 0) is 32.4 Å². The molecule has 0 aliphatic rings. The SMILES string of the molecule is CCOc1ncc(C)cc1NC(=O)NCC(C)(O)C(=O)O. The highest BCUT2D eigenvalue weighted by molar-refractivity contribution is 5.91. The molecule has 1 rings (SSSR count). The van der Waals surface area contributed by atoms with Crippen molar-refractivity contribution in [3.8, 4) is 5.88 Å². The van der Waals surface area contributed by atoms with Crippen molar-refractivity contribution < 1.29 is 24.5 Å². The largest absolute Gasteiger partial charge is 0.479 e. The molecule has 0 aliphatic heterocycles. The van der Waals surface area contributed by atoms with Crippen LogP contribution < -0.4 is 15.4 Å². The van der Waals surface area contributed by atoms with Gasteiger partial charge < -0.3 is 25.6 Å². The van der Waals surface area contributed by atoms with Crippen molar-refractivity contribution in [1.82, 2.24) is 10.3 Å². The van der Waals surface area contributed by atoms with Crippen LogP contribution in [0.15, 0.2) is 12.3 Å². The predicted molar refractivity (Wildman–Crippen MR) is 75.4 cm³/mol. The Kier molecular flexibility index (Phi) is 5.48. The summed E-state index contributed by atoms with van der Waals surface area (Å²) in [5, 5.41) is 23.0. The molecule has 1 heterocycles. The van der Waals surface area contributed by atoms with Crippen molar-refractivity contribution >= 4 is 17.7 Å². The number of hydrogen-bond acceptors (Lipinski definition) is 5. The second-order valence-electron chi connectivity index (χ2n) is 4.69. The maximum Gasteiger partial charge on any atom is 0.337 e. The lowest BCUT2D eigenvalue weighted by molar-refractivity contribution is -0.155. The first-order valence-electron chi connectivity index (χ1n) is 6.36. The third kappa shape index (κ3) is 4.92. The molecular weight excluding hydrogens is 278 g/mol. The standard InChI is InChI=1S/C13H19N3O5/c1-4-21-10-9(5-8(2)6-14-10)16-12(19)15-7-13(3,20)11(17)18/h5-6,20H,4,7H2,1-3H3,(H,17,18)(H2,15,16,19). The van der Waals surface area contributed by atoms with Crippen molar-refractivity contribution in [3.63, 3.8) is 0 Å². The van der Waals surface area contributed by atoms with Gasteiger partial charge in [-0.2, -0.15) is 0 Å². The summed E-state index contributed by atoms with van der Waals surface area (Å²) >= 11 is 0. The van der Waals surface area contributed by atoms with Crippen molar-refractivity contribution in [2.75, 3.05) is 18.5 Å². The van der Waals surface area contributed by atoms with Crippen LogP contribution in [0.1, 0.15) is 19.4 Å². The van der Waals surface area contributed by atoms with E-state index in [1.165, 1.54) is 0 Å². The van der Waals surface area contributed by atoms with Crippen LogP contribution in [0.5, 0.6) is 5.88 Å². The minimum atomic E-state index is -2.04. The summed E-state index contributed by atoms with van der Waals surface area (Å²) in [5.41, 5.74) is -0.846. The number of carbonyl (C=O) groups is 2. The molecule has 1 unspecified atom stereocenters. The number of rotatable bonds is 6. The summed E-state index contributed by atoms with van der Waals surface area (Å²) in [7, 11) is 0. The van der Waals surface area contributed by atoms with Crippen LogP contribution in [0.25, 0.3) is 0 Å². The molecule has 1 aromatic heterocycles. The fourth-order valence-corrected chi connectivity index (χ4v) is 1.39. The monoisotopic (exact) mass is 297 g/mol. The smallest absolute Gasteiger partial charge is 0.337 e. The average Bonchev–Trinajstić information content (AvgIpc) is 2.40. The zero-order valence-electron chi connectivity index (χ0n) is 12.1. The zero-order valence-corrected chi connectivity index (χ0v) is 12.1. The van der Waals surface area contributed by atoms with Crippen LogP contribution in [0.3, 0.4) is 0 Å². The van der Waals surface area contributed by atoms with Crippen molar-refractivity contribution in [2.45, 2.75) is 26.4 Å². The number of ether oxygens (including phenoxy) is 1. The van der Waals surface area contributed by atoms with Gasteiger partial charge in [-0.15, -0.1) is 0 Å². The Balaban J connectivity index is 2.70. The highest BCUT2D eigenvalue weighted by Crippen LogP contribution is 2.22. The Bertz CT molecular complexity index is 531. The third-order valence-electron chi connectivity index (χ3n) is 2.57. The van der Waals surface area contributed by atoms with Gasteiger partial charge in [0, 0.05) is 6.20 Å². The summed E-state index contributed by atoms with van der Waals surface area (Å²) in [6.07, 6.45) is 1.60. The van der Waals surface area contributed by atoms with E-state index in [1.54, 1.807) is 26.1 Å². The van der Waals surface area contributed by atoms with Gasteiger partial charge in [-0.1, -0.05) is 0 Å². The van der Waals surface area contributed by atoms with Gasteiger partial charge >= 0.3 is 12.0 Å². The number of hydrogen-bond donors (Lipinski definition) is 4. The molecule has 1 atom stereocenters. The normalized spacial score (nSPS) is 13.1. The van der Waals surface area contributed by atoms with Gasteiger partial charge in [0.15, 0.2) is 5.60 Å². The first kappa shape index (κ1) is 16.7. The molecule has 8 heteroatoms. The molecule has 0 saturated heterocycles. The molecule has 8 nitrogen and oxygen atoms in total. The number of carbonyl (C=O) groups excluding carboxylic acids is 1. The van der Waals surface area contributed by atoms with Crippen LogP contribution in [-0.4, -0.2) is 46.0 Å². The van der Waals surface area contributed by atoms with E-state index in [9.17, 15) is 14.7 Å². The van der Waals surface area contributed by atoms with Crippen molar-refractivity contribution in [3.05, 3.63) is 17.8 Å². The number of nitrogens with zero attached hydrogens (tertiary/aromatic N) is 1. The molecule has 21 heavy (non-hydrogen) atoms. The third-order valence-corrected chi connectivity index (χ3v) is 2.57. The van der Waals surface area contributed by atoms with E-state index in [1.807, 2.05) is 0 Å². The van der Waals surface area contributed by atoms with Gasteiger partial charge in [0.1, 0.15) is 5.69 Å². The number of anilines is 1.